The van der Waals surface area contributed by atoms with Crippen molar-refractivity contribution in [3.63, 3.8) is 0 Å². The highest BCUT2D eigenvalue weighted by molar-refractivity contribution is 5.91. The second-order valence-electron chi connectivity index (χ2n) is 8.11. The van der Waals surface area contributed by atoms with Gasteiger partial charge >= 0.3 is 5.97 Å². The lowest BCUT2D eigenvalue weighted by Crippen LogP contribution is -2.38. The minimum absolute atomic E-state index is 0.0389. The Morgan fingerprint density at radius 2 is 1.83 bits per heavy atom. The minimum Gasteiger partial charge on any atom is -0.481 e. The summed E-state index contributed by atoms with van der Waals surface area (Å²) in [5.74, 6) is -1.59. The molecule has 0 spiro atoms. The molecule has 2 fully saturated rings. The Balaban J connectivity index is 1.53. The van der Waals surface area contributed by atoms with Crippen molar-refractivity contribution < 1.29 is 19.5 Å². The maximum absolute atomic E-state index is 13.0. The average molecular weight is 394 g/mol. The molecule has 2 aliphatic rings. The van der Waals surface area contributed by atoms with Crippen LogP contribution in [0, 0.1) is 5.92 Å². The molecular weight excluding hydrogens is 368 g/mol. The normalized spacial score (nSPS) is 20.9. The molecule has 2 N–H and O–H groups in total. The van der Waals surface area contributed by atoms with Crippen LogP contribution in [0.3, 0.4) is 0 Å². The first-order chi connectivity index (χ1) is 14.0. The maximum atomic E-state index is 13.0. The van der Waals surface area contributed by atoms with Crippen molar-refractivity contribution in [3.8, 4) is 0 Å². The molecule has 1 aliphatic carbocycles. The van der Waals surface area contributed by atoms with Gasteiger partial charge in [0.25, 0.3) is 0 Å². The number of carboxylic acids is 1. The van der Waals surface area contributed by atoms with Gasteiger partial charge in [0.1, 0.15) is 0 Å². The van der Waals surface area contributed by atoms with Crippen LogP contribution in [0.4, 0.5) is 0 Å². The zero-order valence-corrected chi connectivity index (χ0v) is 16.3. The summed E-state index contributed by atoms with van der Waals surface area (Å²) in [6, 6.07) is 13.1. The van der Waals surface area contributed by atoms with Gasteiger partial charge in [-0.3, -0.25) is 14.4 Å². The SMILES string of the molecule is O=C(O)C[C@@H](NC(=O)C1CC(=O)N(C2CCCC2)C1)c1cccc2ccccc12. The average Bonchev–Trinajstić information content (AvgIpc) is 3.36. The first-order valence-electron chi connectivity index (χ1n) is 10.3. The molecule has 2 aromatic carbocycles. The van der Waals surface area contributed by atoms with Crippen molar-refractivity contribution in [3.05, 3.63) is 48.0 Å². The van der Waals surface area contributed by atoms with E-state index in [1.54, 1.807) is 0 Å². The number of nitrogens with one attached hydrogen (secondary N) is 1. The van der Waals surface area contributed by atoms with Crippen molar-refractivity contribution in [1.29, 1.82) is 0 Å². The molecule has 29 heavy (non-hydrogen) atoms. The molecule has 152 valence electrons. The highest BCUT2D eigenvalue weighted by Crippen LogP contribution is 2.31. The predicted molar refractivity (Wildman–Crippen MR) is 109 cm³/mol. The van der Waals surface area contributed by atoms with Gasteiger partial charge in [0.15, 0.2) is 0 Å². The van der Waals surface area contributed by atoms with Crippen LogP contribution in [-0.2, 0) is 14.4 Å². The number of carboxylic acid groups (broad SMARTS) is 1. The van der Waals surface area contributed by atoms with E-state index in [2.05, 4.69) is 5.32 Å². The first kappa shape index (κ1) is 19.4. The van der Waals surface area contributed by atoms with E-state index in [0.717, 1.165) is 42.0 Å². The number of aliphatic carboxylic acids is 1. The molecule has 0 radical (unpaired) electrons. The third-order valence-electron chi connectivity index (χ3n) is 6.19. The highest BCUT2D eigenvalue weighted by Gasteiger charge is 2.39. The van der Waals surface area contributed by atoms with Crippen LogP contribution in [0.5, 0.6) is 0 Å². The van der Waals surface area contributed by atoms with Crippen molar-refractivity contribution in [2.24, 2.45) is 5.92 Å². The molecule has 2 amide bonds. The molecule has 6 nitrogen and oxygen atoms in total. The van der Waals surface area contributed by atoms with Crippen LogP contribution in [0.25, 0.3) is 10.8 Å². The Hall–Kier alpha value is -2.89. The Morgan fingerprint density at radius 3 is 2.59 bits per heavy atom. The summed E-state index contributed by atoms with van der Waals surface area (Å²) in [5, 5.41) is 14.3. The van der Waals surface area contributed by atoms with Crippen molar-refractivity contribution in [2.75, 3.05) is 6.54 Å². The lowest BCUT2D eigenvalue weighted by Gasteiger charge is -2.24. The second kappa shape index (κ2) is 8.23. The lowest BCUT2D eigenvalue weighted by atomic mass is 9.96. The summed E-state index contributed by atoms with van der Waals surface area (Å²) in [6.45, 7) is 0.435. The van der Waals surface area contributed by atoms with E-state index in [0.29, 0.717) is 6.54 Å². The van der Waals surface area contributed by atoms with E-state index < -0.39 is 17.9 Å². The standard InChI is InChI=1S/C23H26N2O4/c26-21-12-16(14-25(21)17-8-2-3-9-17)23(29)24-20(13-22(27)28)19-11-5-7-15-6-1-4-10-18(15)19/h1,4-7,10-11,16-17,20H,2-3,8-9,12-14H2,(H,24,29)(H,27,28)/t16?,20-/m1/s1. The Bertz CT molecular complexity index is 930. The highest BCUT2D eigenvalue weighted by atomic mass is 16.4. The minimum atomic E-state index is -0.974. The van der Waals surface area contributed by atoms with Gasteiger partial charge < -0.3 is 15.3 Å². The summed E-state index contributed by atoms with van der Waals surface area (Å²) >= 11 is 0. The van der Waals surface area contributed by atoms with Gasteiger partial charge in [-0.15, -0.1) is 0 Å². The van der Waals surface area contributed by atoms with E-state index in [1.807, 2.05) is 47.4 Å². The summed E-state index contributed by atoms with van der Waals surface area (Å²) in [7, 11) is 0. The monoisotopic (exact) mass is 394 g/mol. The summed E-state index contributed by atoms with van der Waals surface area (Å²) in [6.07, 6.45) is 4.29. The third-order valence-corrected chi connectivity index (χ3v) is 6.19. The van der Waals surface area contributed by atoms with Crippen LogP contribution in [0.15, 0.2) is 42.5 Å². The third kappa shape index (κ3) is 4.11. The van der Waals surface area contributed by atoms with Gasteiger partial charge in [0.2, 0.25) is 11.8 Å². The predicted octanol–water partition coefficient (Wildman–Crippen LogP) is 3.26. The second-order valence-corrected chi connectivity index (χ2v) is 8.11. The molecule has 1 unspecified atom stereocenters. The Morgan fingerprint density at radius 1 is 1.10 bits per heavy atom. The number of likely N-dealkylation sites (tertiary alicyclic amines) is 1. The lowest BCUT2D eigenvalue weighted by molar-refractivity contribution is -0.138. The number of carbonyl (C=O) groups excluding carboxylic acids is 2. The fourth-order valence-corrected chi connectivity index (χ4v) is 4.73. The molecule has 4 rings (SSSR count). The molecule has 6 heteroatoms. The number of rotatable bonds is 6. The van der Waals surface area contributed by atoms with Crippen LogP contribution in [0.2, 0.25) is 0 Å². The summed E-state index contributed by atoms with van der Waals surface area (Å²) in [5.41, 5.74) is 0.788. The largest absolute Gasteiger partial charge is 0.481 e. The van der Waals surface area contributed by atoms with Gasteiger partial charge in [-0.05, 0) is 29.2 Å². The van der Waals surface area contributed by atoms with Gasteiger partial charge in [0.05, 0.1) is 18.4 Å². The fraction of sp³-hybridized carbons (Fsp3) is 0.435. The number of carbonyl (C=O) groups is 3. The first-order valence-corrected chi connectivity index (χ1v) is 10.3. The van der Waals surface area contributed by atoms with Gasteiger partial charge in [0, 0.05) is 19.0 Å². The van der Waals surface area contributed by atoms with Crippen LogP contribution < -0.4 is 5.32 Å². The number of nitrogens with zero attached hydrogens (tertiary/aromatic N) is 1. The van der Waals surface area contributed by atoms with E-state index in [1.165, 1.54) is 0 Å². The van der Waals surface area contributed by atoms with E-state index in [-0.39, 0.29) is 30.7 Å². The number of amides is 2. The smallest absolute Gasteiger partial charge is 0.305 e. The van der Waals surface area contributed by atoms with E-state index in [9.17, 15) is 19.5 Å². The van der Waals surface area contributed by atoms with E-state index in [4.69, 9.17) is 0 Å². The number of hydrogen-bond acceptors (Lipinski definition) is 3. The molecule has 2 atom stereocenters. The maximum Gasteiger partial charge on any atom is 0.305 e. The zero-order valence-electron chi connectivity index (χ0n) is 16.3. The van der Waals surface area contributed by atoms with E-state index >= 15 is 0 Å². The molecule has 1 saturated heterocycles. The molecule has 1 saturated carbocycles. The van der Waals surface area contributed by atoms with Crippen molar-refractivity contribution >= 4 is 28.6 Å². The summed E-state index contributed by atoms with van der Waals surface area (Å²) in [4.78, 5) is 38.8. The number of hydrogen-bond donors (Lipinski definition) is 2. The summed E-state index contributed by atoms with van der Waals surface area (Å²) < 4.78 is 0. The van der Waals surface area contributed by atoms with Gasteiger partial charge in [-0.2, -0.15) is 0 Å². The number of benzene rings is 2. The van der Waals surface area contributed by atoms with Crippen molar-refractivity contribution in [2.45, 2.75) is 50.6 Å². The molecule has 2 aromatic rings. The molecule has 1 heterocycles. The Labute approximate surface area is 169 Å². The van der Waals surface area contributed by atoms with Crippen molar-refractivity contribution in [1.82, 2.24) is 10.2 Å². The fourth-order valence-electron chi connectivity index (χ4n) is 4.73. The van der Waals surface area contributed by atoms with Gasteiger partial charge in [-0.25, -0.2) is 0 Å². The van der Waals surface area contributed by atoms with Crippen LogP contribution in [-0.4, -0.2) is 40.4 Å². The quantitative estimate of drug-likeness (QED) is 0.787. The Kier molecular flexibility index (Phi) is 5.51. The van der Waals surface area contributed by atoms with Crippen LogP contribution in [0.1, 0.15) is 50.1 Å². The molecule has 1 aliphatic heterocycles. The molecule has 0 aromatic heterocycles. The number of fused-ring (bicyclic) bond motifs is 1. The van der Waals surface area contributed by atoms with Crippen LogP contribution >= 0.6 is 0 Å². The molecular formula is C23H26N2O4. The molecule has 0 bridgehead atoms. The topological polar surface area (TPSA) is 86.7 Å². The van der Waals surface area contributed by atoms with Gasteiger partial charge in [-0.1, -0.05) is 55.3 Å². The zero-order chi connectivity index (χ0) is 20.4.